The first kappa shape index (κ1) is 11.8. The van der Waals surface area contributed by atoms with Crippen LogP contribution in [-0.4, -0.2) is 11.5 Å². The van der Waals surface area contributed by atoms with E-state index in [1.54, 1.807) is 0 Å². The third-order valence-electron chi connectivity index (χ3n) is 2.91. The Hall–Kier alpha value is -1.67. The number of hydrogen-bond donors (Lipinski definition) is 1. The molecule has 0 aliphatic heterocycles. The molecular weight excluding hydrogens is 208 g/mol. The van der Waals surface area contributed by atoms with Crippen LogP contribution in [0.5, 0.6) is 0 Å². The molecule has 2 aromatic rings. The lowest BCUT2D eigenvalue weighted by Crippen LogP contribution is -2.21. The highest BCUT2D eigenvalue weighted by Crippen LogP contribution is 2.10. The van der Waals surface area contributed by atoms with E-state index in [4.69, 9.17) is 0 Å². The minimum absolute atomic E-state index is 0.377. The van der Waals surface area contributed by atoms with Gasteiger partial charge in [-0.3, -0.25) is 4.98 Å². The van der Waals surface area contributed by atoms with Crippen LogP contribution in [-0.2, 0) is 6.42 Å². The van der Waals surface area contributed by atoms with Crippen molar-refractivity contribution in [1.82, 2.24) is 10.3 Å². The van der Waals surface area contributed by atoms with Crippen molar-refractivity contribution in [3.63, 3.8) is 0 Å². The van der Waals surface area contributed by atoms with E-state index >= 15 is 0 Å². The fourth-order valence-electron chi connectivity index (χ4n) is 1.85. The molecule has 2 rings (SSSR count). The Morgan fingerprint density at radius 1 is 1.06 bits per heavy atom. The summed E-state index contributed by atoms with van der Waals surface area (Å²) in [5.74, 6) is 0. The van der Waals surface area contributed by atoms with Crippen LogP contribution in [0.15, 0.2) is 54.9 Å². The number of nitrogens with zero attached hydrogens (tertiary/aromatic N) is 1. The van der Waals surface area contributed by atoms with Gasteiger partial charge >= 0.3 is 0 Å². The Kier molecular flexibility index (Phi) is 4.28. The summed E-state index contributed by atoms with van der Waals surface area (Å²) in [6.45, 7) is 3.17. The van der Waals surface area contributed by atoms with Crippen LogP contribution in [0.4, 0.5) is 0 Å². The SMILES string of the molecule is C[C@@H](NCCc1ccccc1)c1ccncc1. The van der Waals surface area contributed by atoms with E-state index < -0.39 is 0 Å². The van der Waals surface area contributed by atoms with Gasteiger partial charge in [-0.15, -0.1) is 0 Å². The van der Waals surface area contributed by atoms with Crippen molar-refractivity contribution in [2.75, 3.05) is 6.54 Å². The molecule has 1 atom stereocenters. The molecule has 0 fully saturated rings. The first-order valence-electron chi connectivity index (χ1n) is 6.03. The number of hydrogen-bond acceptors (Lipinski definition) is 2. The van der Waals surface area contributed by atoms with E-state index in [1.165, 1.54) is 11.1 Å². The standard InChI is InChI=1S/C15H18N2/c1-13(15-8-10-16-11-9-15)17-12-7-14-5-3-2-4-6-14/h2-6,8-11,13,17H,7,12H2,1H3/t13-/m1/s1. The zero-order valence-electron chi connectivity index (χ0n) is 10.1. The zero-order chi connectivity index (χ0) is 11.9. The van der Waals surface area contributed by atoms with Crippen LogP contribution < -0.4 is 5.32 Å². The van der Waals surface area contributed by atoms with Crippen molar-refractivity contribution in [1.29, 1.82) is 0 Å². The van der Waals surface area contributed by atoms with Crippen LogP contribution >= 0.6 is 0 Å². The van der Waals surface area contributed by atoms with Crippen molar-refractivity contribution >= 4 is 0 Å². The average molecular weight is 226 g/mol. The van der Waals surface area contributed by atoms with Crippen LogP contribution in [0.3, 0.4) is 0 Å². The molecule has 0 radical (unpaired) electrons. The Bertz CT molecular complexity index is 425. The summed E-state index contributed by atoms with van der Waals surface area (Å²) in [5.41, 5.74) is 2.66. The van der Waals surface area contributed by atoms with Crippen molar-refractivity contribution in [2.24, 2.45) is 0 Å². The van der Waals surface area contributed by atoms with Gasteiger partial charge in [-0.2, -0.15) is 0 Å². The van der Waals surface area contributed by atoms with Gasteiger partial charge in [-0.25, -0.2) is 0 Å². The first-order chi connectivity index (χ1) is 8.36. The minimum Gasteiger partial charge on any atom is -0.310 e. The molecule has 1 aromatic carbocycles. The van der Waals surface area contributed by atoms with E-state index in [0.717, 1.165) is 13.0 Å². The van der Waals surface area contributed by atoms with E-state index in [2.05, 4.69) is 59.7 Å². The van der Waals surface area contributed by atoms with Crippen LogP contribution in [0.25, 0.3) is 0 Å². The lowest BCUT2D eigenvalue weighted by atomic mass is 10.1. The summed E-state index contributed by atoms with van der Waals surface area (Å²) in [4.78, 5) is 4.03. The molecular formula is C15H18N2. The summed E-state index contributed by atoms with van der Waals surface area (Å²) >= 11 is 0. The van der Waals surface area contributed by atoms with Crippen molar-refractivity contribution < 1.29 is 0 Å². The van der Waals surface area contributed by atoms with Crippen LogP contribution in [0, 0.1) is 0 Å². The van der Waals surface area contributed by atoms with E-state index in [9.17, 15) is 0 Å². The second kappa shape index (κ2) is 6.16. The molecule has 17 heavy (non-hydrogen) atoms. The summed E-state index contributed by atoms with van der Waals surface area (Å²) in [6, 6.07) is 15.0. The molecule has 1 N–H and O–H groups in total. The molecule has 2 nitrogen and oxygen atoms in total. The molecule has 0 amide bonds. The summed E-state index contributed by atoms with van der Waals surface area (Å²) in [7, 11) is 0. The number of aromatic nitrogens is 1. The lowest BCUT2D eigenvalue weighted by Gasteiger charge is -2.13. The first-order valence-corrected chi connectivity index (χ1v) is 6.03. The Labute approximate surface area is 103 Å². The molecule has 0 aliphatic carbocycles. The maximum Gasteiger partial charge on any atom is 0.0293 e. The molecule has 1 aromatic heterocycles. The van der Waals surface area contributed by atoms with E-state index in [-0.39, 0.29) is 0 Å². The minimum atomic E-state index is 0.377. The quantitative estimate of drug-likeness (QED) is 0.847. The van der Waals surface area contributed by atoms with Gasteiger partial charge in [0.15, 0.2) is 0 Å². The van der Waals surface area contributed by atoms with Crippen molar-refractivity contribution in [3.05, 3.63) is 66.0 Å². The Balaban J connectivity index is 1.79. The second-order valence-corrected chi connectivity index (χ2v) is 4.19. The number of pyridine rings is 1. The molecule has 0 saturated heterocycles. The van der Waals surface area contributed by atoms with Crippen LogP contribution in [0.1, 0.15) is 24.1 Å². The van der Waals surface area contributed by atoms with Gasteiger partial charge in [0.1, 0.15) is 0 Å². The smallest absolute Gasteiger partial charge is 0.0293 e. The summed E-state index contributed by atoms with van der Waals surface area (Å²) in [6.07, 6.45) is 4.74. The predicted molar refractivity (Wildman–Crippen MR) is 70.8 cm³/mol. The van der Waals surface area contributed by atoms with Crippen molar-refractivity contribution in [2.45, 2.75) is 19.4 Å². The average Bonchev–Trinajstić information content (AvgIpc) is 2.41. The second-order valence-electron chi connectivity index (χ2n) is 4.19. The molecule has 0 spiro atoms. The third-order valence-corrected chi connectivity index (χ3v) is 2.91. The maximum absolute atomic E-state index is 4.03. The number of benzene rings is 1. The fourth-order valence-corrected chi connectivity index (χ4v) is 1.85. The maximum atomic E-state index is 4.03. The van der Waals surface area contributed by atoms with E-state index in [0.29, 0.717) is 6.04 Å². The monoisotopic (exact) mass is 226 g/mol. The van der Waals surface area contributed by atoms with Crippen molar-refractivity contribution in [3.8, 4) is 0 Å². The lowest BCUT2D eigenvalue weighted by molar-refractivity contribution is 0.576. The molecule has 1 heterocycles. The highest BCUT2D eigenvalue weighted by molar-refractivity contribution is 5.16. The topological polar surface area (TPSA) is 24.9 Å². The van der Waals surface area contributed by atoms with E-state index in [1.807, 2.05) is 12.4 Å². The van der Waals surface area contributed by atoms with Crippen LogP contribution in [0.2, 0.25) is 0 Å². The van der Waals surface area contributed by atoms with Gasteiger partial charge in [0.2, 0.25) is 0 Å². The largest absolute Gasteiger partial charge is 0.310 e. The molecule has 0 saturated carbocycles. The van der Waals surface area contributed by atoms with Gasteiger partial charge in [-0.05, 0) is 43.1 Å². The molecule has 2 heteroatoms. The molecule has 0 bridgehead atoms. The summed E-state index contributed by atoms with van der Waals surface area (Å²) < 4.78 is 0. The summed E-state index contributed by atoms with van der Waals surface area (Å²) in [5, 5.41) is 3.52. The highest BCUT2D eigenvalue weighted by atomic mass is 14.9. The van der Waals surface area contributed by atoms with Gasteiger partial charge in [0, 0.05) is 18.4 Å². The van der Waals surface area contributed by atoms with Gasteiger partial charge in [0.05, 0.1) is 0 Å². The molecule has 88 valence electrons. The van der Waals surface area contributed by atoms with Gasteiger partial charge < -0.3 is 5.32 Å². The molecule has 0 aliphatic rings. The van der Waals surface area contributed by atoms with Gasteiger partial charge in [-0.1, -0.05) is 30.3 Å². The van der Waals surface area contributed by atoms with Gasteiger partial charge in [0.25, 0.3) is 0 Å². The third kappa shape index (κ3) is 3.68. The number of nitrogens with one attached hydrogen (secondary N) is 1. The predicted octanol–water partition coefficient (Wildman–Crippen LogP) is 2.97. The Morgan fingerprint density at radius 2 is 1.76 bits per heavy atom. The molecule has 0 unspecified atom stereocenters. The zero-order valence-corrected chi connectivity index (χ0v) is 10.1. The normalized spacial score (nSPS) is 12.3. The highest BCUT2D eigenvalue weighted by Gasteiger charge is 2.03. The Morgan fingerprint density at radius 3 is 2.47 bits per heavy atom. The number of rotatable bonds is 5. The fraction of sp³-hybridized carbons (Fsp3) is 0.267.